The molecule has 0 radical (unpaired) electrons. The maximum absolute atomic E-state index is 6.77. The monoisotopic (exact) mass is 653 g/mol. The SMILES string of the molecule is c1ccc(C2=NC(c3ccccc3)[N-]C(c3ccccc3-c3ccc(-c4ccc5ccccc5c4)c4oc5nc6ccccc6cc5c34)=N2)cc1. The molecular formula is C46H29N4O-. The molecule has 0 fully saturated rings. The first kappa shape index (κ1) is 29.1. The van der Waals surface area contributed by atoms with Gasteiger partial charge in [0.2, 0.25) is 5.71 Å². The summed E-state index contributed by atoms with van der Waals surface area (Å²) in [4.78, 5) is 15.1. The van der Waals surface area contributed by atoms with Gasteiger partial charge in [0, 0.05) is 21.7 Å². The Morgan fingerprint density at radius 1 is 0.510 bits per heavy atom. The molecule has 1 aliphatic rings. The van der Waals surface area contributed by atoms with Gasteiger partial charge in [-0.05, 0) is 68.4 Å². The number of benzene rings is 7. The highest BCUT2D eigenvalue weighted by Crippen LogP contribution is 2.44. The number of pyridine rings is 1. The van der Waals surface area contributed by atoms with Crippen molar-refractivity contribution in [2.45, 2.75) is 6.17 Å². The Balaban J connectivity index is 1.21. The van der Waals surface area contributed by atoms with Crippen molar-refractivity contribution in [1.29, 1.82) is 0 Å². The number of rotatable bonds is 5. The Morgan fingerprint density at radius 3 is 2.04 bits per heavy atom. The van der Waals surface area contributed by atoms with Crippen LogP contribution in [-0.2, 0) is 0 Å². The zero-order valence-corrected chi connectivity index (χ0v) is 27.4. The van der Waals surface area contributed by atoms with E-state index in [1.54, 1.807) is 0 Å². The fraction of sp³-hybridized carbons (Fsp3) is 0.0217. The minimum atomic E-state index is -0.428. The van der Waals surface area contributed by atoms with Crippen LogP contribution in [0.4, 0.5) is 0 Å². The van der Waals surface area contributed by atoms with Crippen molar-refractivity contribution in [3.63, 3.8) is 0 Å². The molecule has 0 aliphatic carbocycles. The third-order valence-electron chi connectivity index (χ3n) is 9.66. The van der Waals surface area contributed by atoms with E-state index in [1.807, 2.05) is 72.8 Å². The summed E-state index contributed by atoms with van der Waals surface area (Å²) in [5.41, 5.74) is 9.32. The molecule has 2 aromatic heterocycles. The molecule has 5 heteroatoms. The molecule has 1 aliphatic heterocycles. The van der Waals surface area contributed by atoms with Crippen LogP contribution in [0.15, 0.2) is 184 Å². The Bertz CT molecular complexity index is 2840. The lowest BCUT2D eigenvalue weighted by molar-refractivity contribution is 0.657. The van der Waals surface area contributed by atoms with Crippen molar-refractivity contribution < 1.29 is 4.42 Å². The molecule has 0 saturated heterocycles. The molecule has 7 aromatic carbocycles. The summed E-state index contributed by atoms with van der Waals surface area (Å²) in [6.07, 6.45) is -0.428. The molecule has 0 N–H and O–H groups in total. The van der Waals surface area contributed by atoms with Crippen molar-refractivity contribution in [3.05, 3.63) is 192 Å². The average molecular weight is 654 g/mol. The molecular weight excluding hydrogens is 625 g/mol. The van der Waals surface area contributed by atoms with E-state index >= 15 is 0 Å². The van der Waals surface area contributed by atoms with Gasteiger partial charge < -0.3 is 14.7 Å². The largest absolute Gasteiger partial charge is 0.438 e. The van der Waals surface area contributed by atoms with Gasteiger partial charge >= 0.3 is 0 Å². The van der Waals surface area contributed by atoms with Crippen molar-refractivity contribution >= 4 is 55.4 Å². The summed E-state index contributed by atoms with van der Waals surface area (Å²) in [5, 5.41) is 10.6. The standard InChI is InChI=1S/C46H29N4O/c1-3-14-30(15-4-1)43-48-44(31-16-5-2-6-17-31)50-45(49-43)38-21-11-10-20-36(38)37-26-25-35(33-24-23-29-13-7-8-18-32(29)27-33)42-41(37)39-28-34-19-9-12-22-40(34)47-46(39)51-42/h1-28,43H/q-1. The number of amidine groups is 2. The molecule has 1 unspecified atom stereocenters. The second-order valence-corrected chi connectivity index (χ2v) is 12.8. The van der Waals surface area contributed by atoms with Crippen LogP contribution in [0.3, 0.4) is 0 Å². The van der Waals surface area contributed by atoms with Crippen LogP contribution in [0.25, 0.3) is 71.3 Å². The molecule has 5 nitrogen and oxygen atoms in total. The maximum Gasteiger partial charge on any atom is 0.227 e. The number of aliphatic imine (C=N–C) groups is 2. The van der Waals surface area contributed by atoms with Crippen LogP contribution in [0, 0.1) is 0 Å². The van der Waals surface area contributed by atoms with Crippen LogP contribution in [0.5, 0.6) is 0 Å². The van der Waals surface area contributed by atoms with E-state index in [9.17, 15) is 0 Å². The lowest BCUT2D eigenvalue weighted by Crippen LogP contribution is -2.16. The summed E-state index contributed by atoms with van der Waals surface area (Å²) in [7, 11) is 0. The average Bonchev–Trinajstić information content (AvgIpc) is 3.58. The maximum atomic E-state index is 6.77. The van der Waals surface area contributed by atoms with Crippen molar-refractivity contribution in [2.24, 2.45) is 9.98 Å². The topological polar surface area (TPSA) is 64.8 Å². The van der Waals surface area contributed by atoms with Crippen LogP contribution in [0.2, 0.25) is 0 Å². The number of aromatic nitrogens is 1. The van der Waals surface area contributed by atoms with E-state index in [0.29, 0.717) is 17.4 Å². The van der Waals surface area contributed by atoms with Gasteiger partial charge in [0.25, 0.3) is 0 Å². The predicted octanol–water partition coefficient (Wildman–Crippen LogP) is 11.9. The number of hydrogen-bond acceptors (Lipinski definition) is 4. The van der Waals surface area contributed by atoms with Crippen molar-refractivity contribution in [1.82, 2.24) is 4.98 Å². The fourth-order valence-electron chi connectivity index (χ4n) is 7.18. The van der Waals surface area contributed by atoms with Crippen LogP contribution in [0.1, 0.15) is 22.9 Å². The van der Waals surface area contributed by atoms with Gasteiger partial charge in [-0.15, -0.1) is 0 Å². The zero-order valence-electron chi connectivity index (χ0n) is 27.4. The molecule has 0 amide bonds. The quantitative estimate of drug-likeness (QED) is 0.185. The van der Waals surface area contributed by atoms with Gasteiger partial charge in [-0.25, -0.2) is 4.98 Å². The molecule has 51 heavy (non-hydrogen) atoms. The van der Waals surface area contributed by atoms with Crippen molar-refractivity contribution in [2.75, 3.05) is 0 Å². The van der Waals surface area contributed by atoms with Crippen LogP contribution < -0.4 is 0 Å². The lowest BCUT2D eigenvalue weighted by atomic mass is 9.91. The second kappa shape index (κ2) is 11.9. The number of furan rings is 1. The summed E-state index contributed by atoms with van der Waals surface area (Å²) in [6, 6.07) is 58.5. The molecule has 0 saturated carbocycles. The van der Waals surface area contributed by atoms with E-state index in [0.717, 1.165) is 66.2 Å². The van der Waals surface area contributed by atoms with E-state index in [2.05, 4.69) is 97.1 Å². The number of hydrogen-bond donors (Lipinski definition) is 0. The third kappa shape index (κ3) is 5.06. The summed E-state index contributed by atoms with van der Waals surface area (Å²) >= 11 is 0. The van der Waals surface area contributed by atoms with Gasteiger partial charge in [-0.1, -0.05) is 151 Å². The molecule has 0 spiro atoms. The highest BCUT2D eigenvalue weighted by atomic mass is 16.3. The Kier molecular flexibility index (Phi) is 6.81. The summed E-state index contributed by atoms with van der Waals surface area (Å²) in [5.74, 6) is 1.29. The highest BCUT2D eigenvalue weighted by molar-refractivity contribution is 6.23. The Hall–Kier alpha value is -6.85. The Labute approximate surface area is 294 Å². The minimum Gasteiger partial charge on any atom is -0.438 e. The summed E-state index contributed by atoms with van der Waals surface area (Å²) in [6.45, 7) is 0. The van der Waals surface area contributed by atoms with Gasteiger partial charge in [0.1, 0.15) is 5.58 Å². The first-order valence-corrected chi connectivity index (χ1v) is 17.1. The number of para-hydroxylation sites is 1. The fourth-order valence-corrected chi connectivity index (χ4v) is 7.18. The van der Waals surface area contributed by atoms with E-state index in [1.165, 1.54) is 10.8 Å². The molecule has 0 bridgehead atoms. The van der Waals surface area contributed by atoms with Gasteiger partial charge in [0.05, 0.1) is 17.5 Å². The van der Waals surface area contributed by atoms with Gasteiger partial charge in [-0.3, -0.25) is 4.99 Å². The molecule has 3 heterocycles. The summed E-state index contributed by atoms with van der Waals surface area (Å²) < 4.78 is 6.77. The number of nitrogens with zero attached hydrogens (tertiary/aromatic N) is 4. The number of fused-ring (bicyclic) bond motifs is 5. The molecule has 10 rings (SSSR count). The van der Waals surface area contributed by atoms with Crippen LogP contribution >= 0.6 is 0 Å². The van der Waals surface area contributed by atoms with Crippen LogP contribution in [-0.4, -0.2) is 16.7 Å². The van der Waals surface area contributed by atoms with E-state index in [-0.39, 0.29) is 0 Å². The minimum absolute atomic E-state index is 0.428. The van der Waals surface area contributed by atoms with E-state index in [4.69, 9.17) is 24.7 Å². The second-order valence-electron chi connectivity index (χ2n) is 12.8. The molecule has 1 atom stereocenters. The first-order valence-electron chi connectivity index (χ1n) is 17.1. The van der Waals surface area contributed by atoms with E-state index < -0.39 is 6.17 Å². The molecule has 9 aromatic rings. The van der Waals surface area contributed by atoms with Gasteiger partial charge in [-0.2, -0.15) is 0 Å². The first-order chi connectivity index (χ1) is 25.3. The van der Waals surface area contributed by atoms with Gasteiger partial charge in [0.15, 0.2) is 0 Å². The highest BCUT2D eigenvalue weighted by Gasteiger charge is 2.22. The van der Waals surface area contributed by atoms with Crippen molar-refractivity contribution in [3.8, 4) is 22.3 Å². The smallest absolute Gasteiger partial charge is 0.227 e. The Morgan fingerprint density at radius 2 is 1.20 bits per heavy atom. The normalized spacial score (nSPS) is 14.5. The molecule has 240 valence electrons. The predicted molar refractivity (Wildman–Crippen MR) is 209 cm³/mol. The zero-order chi connectivity index (χ0) is 33.7. The lowest BCUT2D eigenvalue weighted by Gasteiger charge is -2.33. The third-order valence-corrected chi connectivity index (χ3v) is 9.66.